The van der Waals surface area contributed by atoms with Crippen LogP contribution in [0.25, 0.3) is 11.1 Å². The molecule has 0 spiro atoms. The SMILES string of the molecule is CC(CCC(=O)Nc1cn(C)nc1C(=O)O)NC(=O)OCC1c2ccccc2-c2ccccc21. The van der Waals surface area contributed by atoms with E-state index in [0.29, 0.717) is 6.42 Å². The summed E-state index contributed by atoms with van der Waals surface area (Å²) in [5.74, 6) is -1.61. The third-order valence-electron chi connectivity index (χ3n) is 5.82. The van der Waals surface area contributed by atoms with E-state index in [-0.39, 0.29) is 42.3 Å². The molecular weight excluding hydrogens is 436 g/mol. The van der Waals surface area contributed by atoms with Gasteiger partial charge in [0.1, 0.15) is 6.61 Å². The standard InChI is InChI=1S/C25H26N4O5/c1-15(11-12-22(30)27-21-13-29(2)28-23(21)24(31)32)26-25(33)34-14-20-18-9-5-3-7-16(18)17-8-4-6-10-19(17)20/h3-10,13,15,20H,11-12,14H2,1-2H3,(H,26,33)(H,27,30)(H,31,32). The van der Waals surface area contributed by atoms with Crippen LogP contribution in [0.3, 0.4) is 0 Å². The molecule has 0 fully saturated rings. The third-order valence-corrected chi connectivity index (χ3v) is 5.82. The number of aryl methyl sites for hydroxylation is 1. The van der Waals surface area contributed by atoms with E-state index in [1.807, 2.05) is 24.3 Å². The van der Waals surface area contributed by atoms with Crippen LogP contribution in [0, 0.1) is 0 Å². The number of carbonyl (C=O) groups is 3. The molecule has 176 valence electrons. The highest BCUT2D eigenvalue weighted by Gasteiger charge is 2.29. The molecule has 1 aromatic heterocycles. The van der Waals surface area contributed by atoms with Crippen LogP contribution in [-0.4, -0.2) is 45.5 Å². The summed E-state index contributed by atoms with van der Waals surface area (Å²) >= 11 is 0. The van der Waals surface area contributed by atoms with Gasteiger partial charge in [0.2, 0.25) is 5.91 Å². The number of nitrogens with one attached hydrogen (secondary N) is 2. The number of carboxylic acids is 1. The van der Waals surface area contributed by atoms with Crippen molar-refractivity contribution in [2.45, 2.75) is 31.7 Å². The van der Waals surface area contributed by atoms with Crippen LogP contribution in [0.1, 0.15) is 47.3 Å². The van der Waals surface area contributed by atoms with Crippen molar-refractivity contribution in [1.29, 1.82) is 0 Å². The van der Waals surface area contributed by atoms with Gasteiger partial charge in [-0.25, -0.2) is 9.59 Å². The molecule has 4 rings (SSSR count). The van der Waals surface area contributed by atoms with Gasteiger partial charge in [-0.2, -0.15) is 5.10 Å². The molecule has 2 amide bonds. The van der Waals surface area contributed by atoms with Gasteiger partial charge in [-0.05, 0) is 35.6 Å². The number of fused-ring (bicyclic) bond motifs is 3. The Labute approximate surface area is 196 Å². The predicted octanol–water partition coefficient (Wildman–Crippen LogP) is 3.76. The number of carboxylic acid groups (broad SMARTS) is 1. The van der Waals surface area contributed by atoms with Gasteiger partial charge in [0.25, 0.3) is 0 Å². The van der Waals surface area contributed by atoms with E-state index in [0.717, 1.165) is 22.3 Å². The molecule has 0 saturated carbocycles. The highest BCUT2D eigenvalue weighted by molar-refractivity contribution is 5.99. The fourth-order valence-electron chi connectivity index (χ4n) is 4.21. The predicted molar refractivity (Wildman–Crippen MR) is 126 cm³/mol. The quantitative estimate of drug-likeness (QED) is 0.468. The molecule has 2 aromatic carbocycles. The van der Waals surface area contributed by atoms with Gasteiger partial charge < -0.3 is 20.5 Å². The average molecular weight is 463 g/mol. The van der Waals surface area contributed by atoms with Crippen molar-refractivity contribution < 1.29 is 24.2 Å². The molecule has 1 aliphatic carbocycles. The van der Waals surface area contributed by atoms with Crippen LogP contribution in [0.5, 0.6) is 0 Å². The Hall–Kier alpha value is -4.14. The topological polar surface area (TPSA) is 123 Å². The molecule has 34 heavy (non-hydrogen) atoms. The molecule has 3 N–H and O–H groups in total. The minimum Gasteiger partial charge on any atom is -0.476 e. The average Bonchev–Trinajstić information content (AvgIpc) is 3.34. The molecular formula is C25H26N4O5. The van der Waals surface area contributed by atoms with Crippen molar-refractivity contribution >= 4 is 23.7 Å². The number of rotatable bonds is 8. The molecule has 0 aliphatic heterocycles. The maximum atomic E-state index is 12.4. The Kier molecular flexibility index (Phi) is 6.62. The van der Waals surface area contributed by atoms with Crippen molar-refractivity contribution in [2.75, 3.05) is 11.9 Å². The van der Waals surface area contributed by atoms with Crippen molar-refractivity contribution in [1.82, 2.24) is 15.1 Å². The molecule has 0 saturated heterocycles. The first-order chi connectivity index (χ1) is 16.3. The van der Waals surface area contributed by atoms with Crippen LogP contribution in [0.2, 0.25) is 0 Å². The summed E-state index contributed by atoms with van der Waals surface area (Å²) < 4.78 is 6.85. The minimum absolute atomic E-state index is 0.0258. The monoisotopic (exact) mass is 462 g/mol. The lowest BCUT2D eigenvalue weighted by Crippen LogP contribution is -2.34. The normalized spacial score (nSPS) is 13.0. The first-order valence-corrected chi connectivity index (χ1v) is 11.0. The van der Waals surface area contributed by atoms with E-state index < -0.39 is 12.1 Å². The number of anilines is 1. The summed E-state index contributed by atoms with van der Waals surface area (Å²) in [5, 5.41) is 18.3. The van der Waals surface area contributed by atoms with Gasteiger partial charge in [0.05, 0.1) is 5.69 Å². The van der Waals surface area contributed by atoms with Crippen LogP contribution >= 0.6 is 0 Å². The number of hydrogen-bond acceptors (Lipinski definition) is 5. The molecule has 1 unspecified atom stereocenters. The number of nitrogens with zero attached hydrogens (tertiary/aromatic N) is 2. The number of aromatic nitrogens is 2. The first-order valence-electron chi connectivity index (χ1n) is 11.0. The smallest absolute Gasteiger partial charge is 0.407 e. The zero-order valence-electron chi connectivity index (χ0n) is 18.9. The largest absolute Gasteiger partial charge is 0.476 e. The Morgan fingerprint density at radius 2 is 1.71 bits per heavy atom. The van der Waals surface area contributed by atoms with E-state index in [1.54, 1.807) is 14.0 Å². The molecule has 1 heterocycles. The number of carbonyl (C=O) groups excluding carboxylic acids is 2. The van der Waals surface area contributed by atoms with Gasteiger partial charge in [-0.3, -0.25) is 9.48 Å². The lowest BCUT2D eigenvalue weighted by molar-refractivity contribution is -0.116. The molecule has 0 bridgehead atoms. The second kappa shape index (κ2) is 9.78. The van der Waals surface area contributed by atoms with E-state index in [4.69, 9.17) is 9.84 Å². The van der Waals surface area contributed by atoms with Crippen LogP contribution in [0.4, 0.5) is 10.5 Å². The highest BCUT2D eigenvalue weighted by Crippen LogP contribution is 2.44. The van der Waals surface area contributed by atoms with E-state index >= 15 is 0 Å². The van der Waals surface area contributed by atoms with Crippen molar-refractivity contribution in [2.24, 2.45) is 7.05 Å². The number of hydrogen-bond donors (Lipinski definition) is 3. The molecule has 3 aromatic rings. The van der Waals surface area contributed by atoms with Gasteiger partial charge in [0, 0.05) is 31.6 Å². The first kappa shape index (κ1) is 23.0. The molecule has 1 aliphatic rings. The van der Waals surface area contributed by atoms with Crippen LogP contribution < -0.4 is 10.6 Å². The molecule has 0 radical (unpaired) electrons. The summed E-state index contributed by atoms with van der Waals surface area (Å²) in [6, 6.07) is 15.9. The van der Waals surface area contributed by atoms with E-state index in [1.165, 1.54) is 10.9 Å². The molecule has 9 heteroatoms. The second-order valence-corrected chi connectivity index (χ2v) is 8.33. The van der Waals surface area contributed by atoms with Gasteiger partial charge in [-0.1, -0.05) is 48.5 Å². The minimum atomic E-state index is -1.22. The lowest BCUT2D eigenvalue weighted by Gasteiger charge is -2.17. The number of benzene rings is 2. The number of alkyl carbamates (subject to hydrolysis) is 1. The molecule has 1 atom stereocenters. The Morgan fingerprint density at radius 3 is 2.32 bits per heavy atom. The van der Waals surface area contributed by atoms with Crippen LogP contribution in [-0.2, 0) is 16.6 Å². The van der Waals surface area contributed by atoms with E-state index in [9.17, 15) is 14.4 Å². The van der Waals surface area contributed by atoms with E-state index in [2.05, 4.69) is 40.0 Å². The number of ether oxygens (including phenoxy) is 1. The molecule has 9 nitrogen and oxygen atoms in total. The summed E-state index contributed by atoms with van der Waals surface area (Å²) in [6.45, 7) is 1.99. The van der Waals surface area contributed by atoms with Crippen molar-refractivity contribution in [3.8, 4) is 11.1 Å². The van der Waals surface area contributed by atoms with Crippen molar-refractivity contribution in [3.05, 3.63) is 71.5 Å². The fraction of sp³-hybridized carbons (Fsp3) is 0.280. The lowest BCUT2D eigenvalue weighted by atomic mass is 9.98. The van der Waals surface area contributed by atoms with Crippen molar-refractivity contribution in [3.63, 3.8) is 0 Å². The number of amides is 2. The summed E-state index contributed by atoms with van der Waals surface area (Å²) in [4.78, 5) is 35.8. The Morgan fingerprint density at radius 1 is 1.09 bits per heavy atom. The maximum absolute atomic E-state index is 12.4. The van der Waals surface area contributed by atoms with Gasteiger partial charge in [-0.15, -0.1) is 0 Å². The Balaban J connectivity index is 1.26. The second-order valence-electron chi connectivity index (χ2n) is 8.33. The van der Waals surface area contributed by atoms with Crippen LogP contribution in [0.15, 0.2) is 54.7 Å². The Bertz CT molecular complexity index is 1190. The highest BCUT2D eigenvalue weighted by atomic mass is 16.5. The fourth-order valence-corrected chi connectivity index (χ4v) is 4.21. The third kappa shape index (κ3) is 4.93. The summed E-state index contributed by atoms with van der Waals surface area (Å²) in [7, 11) is 1.57. The maximum Gasteiger partial charge on any atom is 0.407 e. The number of aromatic carboxylic acids is 1. The zero-order chi connectivity index (χ0) is 24.2. The van der Waals surface area contributed by atoms with Gasteiger partial charge >= 0.3 is 12.1 Å². The summed E-state index contributed by atoms with van der Waals surface area (Å²) in [6.07, 6.45) is 1.34. The zero-order valence-corrected chi connectivity index (χ0v) is 18.9. The summed E-state index contributed by atoms with van der Waals surface area (Å²) in [5.41, 5.74) is 4.50. The van der Waals surface area contributed by atoms with Gasteiger partial charge in [0.15, 0.2) is 5.69 Å².